The third-order valence-electron chi connectivity index (χ3n) is 0.817. The molecule has 48 valence electrons. The molecule has 4 heteroatoms. The molecule has 1 rings (SSSR count). The van der Waals surface area contributed by atoms with Crippen LogP contribution in [0.5, 0.6) is 0 Å². The van der Waals surface area contributed by atoms with Gasteiger partial charge in [0.15, 0.2) is 0 Å². The summed E-state index contributed by atoms with van der Waals surface area (Å²) in [6, 6.07) is 1.67. The van der Waals surface area contributed by atoms with Gasteiger partial charge in [0.2, 0.25) is 0 Å². The summed E-state index contributed by atoms with van der Waals surface area (Å²) in [5, 5.41) is 11.7. The van der Waals surface area contributed by atoms with Gasteiger partial charge in [0, 0.05) is 17.8 Å². The lowest BCUT2D eigenvalue weighted by Gasteiger charge is -1.94. The standard InChI is InChI=1S/C5H5NO2S/c7-5(8)3-4-1-2-9-6-4/h1-2H,3H2,(H,7,8)/p-1. The lowest BCUT2D eigenvalue weighted by atomic mass is 10.3. The van der Waals surface area contributed by atoms with Crippen molar-refractivity contribution in [3.05, 3.63) is 17.1 Å². The molecule has 0 saturated heterocycles. The van der Waals surface area contributed by atoms with Gasteiger partial charge in [0.1, 0.15) is 0 Å². The maximum atomic E-state index is 9.92. The van der Waals surface area contributed by atoms with E-state index in [-0.39, 0.29) is 6.42 Å². The molecule has 1 heterocycles. The number of hydrogen-bond donors (Lipinski definition) is 0. The number of carboxylic acid groups (broad SMARTS) is 1. The number of carbonyl (C=O) groups is 1. The largest absolute Gasteiger partial charge is 0.550 e. The Labute approximate surface area is 56.1 Å². The van der Waals surface area contributed by atoms with Crippen LogP contribution in [0.1, 0.15) is 5.69 Å². The molecule has 0 atom stereocenters. The van der Waals surface area contributed by atoms with Crippen molar-refractivity contribution in [3.8, 4) is 0 Å². The van der Waals surface area contributed by atoms with E-state index in [2.05, 4.69) is 4.37 Å². The molecule has 0 spiro atoms. The molecule has 0 aliphatic rings. The first-order valence-electron chi connectivity index (χ1n) is 2.38. The zero-order valence-electron chi connectivity index (χ0n) is 4.53. The number of nitrogens with zero attached hydrogens (tertiary/aromatic N) is 1. The predicted molar refractivity (Wildman–Crippen MR) is 30.8 cm³/mol. The Morgan fingerprint density at radius 3 is 3.11 bits per heavy atom. The van der Waals surface area contributed by atoms with Gasteiger partial charge >= 0.3 is 0 Å². The molecule has 9 heavy (non-hydrogen) atoms. The predicted octanol–water partition coefficient (Wildman–Crippen LogP) is -0.565. The van der Waals surface area contributed by atoms with E-state index in [0.29, 0.717) is 5.69 Å². The van der Waals surface area contributed by atoms with Gasteiger partial charge in [-0.15, -0.1) is 0 Å². The fourth-order valence-electron chi connectivity index (χ4n) is 0.477. The number of carboxylic acids is 1. The maximum Gasteiger partial charge on any atom is 0.0598 e. The van der Waals surface area contributed by atoms with Crippen molar-refractivity contribution in [2.45, 2.75) is 6.42 Å². The van der Waals surface area contributed by atoms with Crippen molar-refractivity contribution in [2.75, 3.05) is 0 Å². The molecule has 0 N–H and O–H groups in total. The fraction of sp³-hybridized carbons (Fsp3) is 0.200. The van der Waals surface area contributed by atoms with Crippen LogP contribution in [0.4, 0.5) is 0 Å². The molecule has 0 unspecified atom stereocenters. The normalized spacial score (nSPS) is 9.33. The molecular formula is C5H4NO2S-. The topological polar surface area (TPSA) is 53.0 Å². The zero-order chi connectivity index (χ0) is 6.69. The highest BCUT2D eigenvalue weighted by Gasteiger charge is 1.92. The van der Waals surface area contributed by atoms with E-state index in [4.69, 9.17) is 0 Å². The number of hydrogen-bond acceptors (Lipinski definition) is 4. The second-order valence-corrected chi connectivity index (χ2v) is 2.21. The smallest absolute Gasteiger partial charge is 0.0598 e. The van der Waals surface area contributed by atoms with Crippen LogP contribution in [0.3, 0.4) is 0 Å². The van der Waals surface area contributed by atoms with E-state index >= 15 is 0 Å². The van der Waals surface area contributed by atoms with Crippen LogP contribution in [0.15, 0.2) is 11.4 Å². The van der Waals surface area contributed by atoms with Gasteiger partial charge in [-0.2, -0.15) is 4.37 Å². The first-order chi connectivity index (χ1) is 4.29. The Bertz CT molecular complexity index is 195. The summed E-state index contributed by atoms with van der Waals surface area (Å²) in [7, 11) is 0. The van der Waals surface area contributed by atoms with Gasteiger partial charge in [-0.05, 0) is 17.6 Å². The minimum absolute atomic E-state index is 0.0799. The highest BCUT2D eigenvalue weighted by molar-refractivity contribution is 7.03. The van der Waals surface area contributed by atoms with Crippen LogP contribution in [-0.2, 0) is 11.2 Å². The first-order valence-corrected chi connectivity index (χ1v) is 3.22. The van der Waals surface area contributed by atoms with Gasteiger partial charge in [0.05, 0.1) is 5.69 Å². The van der Waals surface area contributed by atoms with Gasteiger partial charge in [-0.3, -0.25) is 0 Å². The third-order valence-corrected chi connectivity index (χ3v) is 1.41. The van der Waals surface area contributed by atoms with Gasteiger partial charge < -0.3 is 9.90 Å². The molecule has 0 fully saturated rings. The highest BCUT2D eigenvalue weighted by atomic mass is 32.1. The van der Waals surface area contributed by atoms with Crippen LogP contribution in [-0.4, -0.2) is 10.3 Å². The summed E-state index contributed by atoms with van der Waals surface area (Å²) in [4.78, 5) is 9.92. The Morgan fingerprint density at radius 2 is 2.67 bits per heavy atom. The summed E-state index contributed by atoms with van der Waals surface area (Å²) in [6.45, 7) is 0. The Kier molecular flexibility index (Phi) is 1.79. The first kappa shape index (κ1) is 6.22. The van der Waals surface area contributed by atoms with E-state index < -0.39 is 5.97 Å². The average Bonchev–Trinajstić information content (AvgIpc) is 2.15. The van der Waals surface area contributed by atoms with Gasteiger partial charge in [0.25, 0.3) is 0 Å². The van der Waals surface area contributed by atoms with Crippen molar-refractivity contribution in [1.82, 2.24) is 4.37 Å². The molecule has 1 aromatic rings. The zero-order valence-corrected chi connectivity index (χ0v) is 5.35. The van der Waals surface area contributed by atoms with E-state index in [1.54, 1.807) is 11.4 Å². The summed E-state index contributed by atoms with van der Waals surface area (Å²) in [6.07, 6.45) is -0.0799. The Morgan fingerprint density at radius 1 is 1.89 bits per heavy atom. The molecule has 0 radical (unpaired) electrons. The number of aromatic nitrogens is 1. The van der Waals surface area contributed by atoms with Crippen molar-refractivity contribution < 1.29 is 9.90 Å². The summed E-state index contributed by atoms with van der Waals surface area (Å²) in [5.41, 5.74) is 0.569. The molecule has 0 aromatic carbocycles. The molecule has 0 saturated carbocycles. The molecule has 0 bridgehead atoms. The van der Waals surface area contributed by atoms with Crippen LogP contribution in [0.25, 0.3) is 0 Å². The van der Waals surface area contributed by atoms with Crippen LogP contribution >= 0.6 is 11.5 Å². The number of rotatable bonds is 2. The second-order valence-electron chi connectivity index (χ2n) is 1.54. The molecule has 0 aliphatic heterocycles. The van der Waals surface area contributed by atoms with Crippen molar-refractivity contribution in [3.63, 3.8) is 0 Å². The van der Waals surface area contributed by atoms with Gasteiger partial charge in [-0.25, -0.2) is 0 Å². The van der Waals surface area contributed by atoms with E-state index in [9.17, 15) is 9.90 Å². The molecule has 3 nitrogen and oxygen atoms in total. The number of carbonyl (C=O) groups excluding carboxylic acids is 1. The summed E-state index contributed by atoms with van der Waals surface area (Å²) >= 11 is 1.24. The third kappa shape index (κ3) is 1.81. The second kappa shape index (κ2) is 2.59. The SMILES string of the molecule is O=C([O-])Cc1ccsn1. The van der Waals surface area contributed by atoms with E-state index in [1.165, 1.54) is 11.5 Å². The molecule has 0 aliphatic carbocycles. The fourth-order valence-corrected chi connectivity index (χ4v) is 1.02. The lowest BCUT2D eigenvalue weighted by Crippen LogP contribution is -2.24. The van der Waals surface area contributed by atoms with E-state index in [1.807, 2.05) is 0 Å². The minimum atomic E-state index is -1.08. The van der Waals surface area contributed by atoms with Crippen molar-refractivity contribution >= 4 is 17.5 Å². The molecule has 0 amide bonds. The Hall–Kier alpha value is -0.900. The highest BCUT2D eigenvalue weighted by Crippen LogP contribution is 1.98. The molecule has 1 aromatic heterocycles. The quantitative estimate of drug-likeness (QED) is 0.556. The van der Waals surface area contributed by atoms with Crippen molar-refractivity contribution in [1.29, 1.82) is 0 Å². The molecular weight excluding hydrogens is 138 g/mol. The minimum Gasteiger partial charge on any atom is -0.550 e. The number of aliphatic carboxylic acids is 1. The summed E-state index contributed by atoms with van der Waals surface area (Å²) in [5.74, 6) is -1.08. The Balaban J connectivity index is 2.58. The lowest BCUT2D eigenvalue weighted by molar-refractivity contribution is -0.304. The van der Waals surface area contributed by atoms with Crippen LogP contribution in [0, 0.1) is 0 Å². The monoisotopic (exact) mass is 142 g/mol. The van der Waals surface area contributed by atoms with Gasteiger partial charge in [-0.1, -0.05) is 0 Å². The van der Waals surface area contributed by atoms with Crippen LogP contribution in [0.2, 0.25) is 0 Å². The van der Waals surface area contributed by atoms with E-state index in [0.717, 1.165) is 0 Å². The van der Waals surface area contributed by atoms with Crippen LogP contribution < -0.4 is 5.11 Å². The maximum absolute atomic E-state index is 9.92. The summed E-state index contributed by atoms with van der Waals surface area (Å²) < 4.78 is 3.78. The average molecular weight is 142 g/mol. The van der Waals surface area contributed by atoms with Crippen molar-refractivity contribution in [2.24, 2.45) is 0 Å².